The summed E-state index contributed by atoms with van der Waals surface area (Å²) in [5.74, 6) is -2.22. The lowest BCUT2D eigenvalue weighted by atomic mass is 9.91. The Labute approximate surface area is 94.2 Å². The highest BCUT2D eigenvalue weighted by atomic mass is 19.1. The van der Waals surface area contributed by atoms with E-state index >= 15 is 0 Å². The maximum atomic E-state index is 13.5. The number of fused-ring (bicyclic) bond motifs is 2. The number of para-hydroxylation sites is 1. The Morgan fingerprint density at radius 2 is 1.76 bits per heavy atom. The van der Waals surface area contributed by atoms with Crippen LogP contribution in [0.5, 0.6) is 0 Å². The molecule has 2 aliphatic rings. The van der Waals surface area contributed by atoms with Gasteiger partial charge < -0.3 is 10.6 Å². The van der Waals surface area contributed by atoms with Crippen LogP contribution in [0.4, 0.5) is 14.9 Å². The van der Waals surface area contributed by atoms with Gasteiger partial charge in [-0.1, -0.05) is 12.1 Å². The van der Waals surface area contributed by atoms with E-state index in [2.05, 4.69) is 10.6 Å². The maximum absolute atomic E-state index is 13.5. The van der Waals surface area contributed by atoms with Crippen molar-refractivity contribution in [2.45, 2.75) is 5.54 Å². The van der Waals surface area contributed by atoms with Crippen molar-refractivity contribution in [2.24, 2.45) is 0 Å². The van der Waals surface area contributed by atoms with E-state index < -0.39 is 29.2 Å². The average molecular weight is 235 g/mol. The number of anilines is 1. The monoisotopic (exact) mass is 235 g/mol. The van der Waals surface area contributed by atoms with Crippen LogP contribution in [0.25, 0.3) is 0 Å². The zero-order valence-electron chi connectivity index (χ0n) is 8.33. The van der Waals surface area contributed by atoms with Crippen LogP contribution in [0.15, 0.2) is 18.2 Å². The standard InChI is InChI=1S/C10H6FN3O3/c11-5-3-1-2-4-6(5)12-7(15)10(4)8(16)13-9(17)14-10/h1-3H,(H,12,15)(H2,13,14,16,17). The molecule has 17 heavy (non-hydrogen) atoms. The molecule has 3 N–H and O–H groups in total. The number of carbonyl (C=O) groups excluding carboxylic acids is 3. The molecule has 1 fully saturated rings. The van der Waals surface area contributed by atoms with Crippen molar-refractivity contribution in [3.05, 3.63) is 29.6 Å². The topological polar surface area (TPSA) is 87.3 Å². The maximum Gasteiger partial charge on any atom is 0.323 e. The number of hydrogen-bond donors (Lipinski definition) is 3. The van der Waals surface area contributed by atoms with E-state index in [-0.39, 0.29) is 11.3 Å². The van der Waals surface area contributed by atoms with Crippen molar-refractivity contribution in [3.63, 3.8) is 0 Å². The lowest BCUT2D eigenvalue weighted by molar-refractivity contribution is -0.132. The summed E-state index contributed by atoms with van der Waals surface area (Å²) in [6.07, 6.45) is 0. The molecule has 0 bridgehead atoms. The quantitative estimate of drug-likeness (QED) is 0.430. The second kappa shape index (κ2) is 2.82. The molecule has 0 saturated carbocycles. The van der Waals surface area contributed by atoms with Crippen molar-refractivity contribution >= 4 is 23.5 Å². The minimum atomic E-state index is -1.84. The third-order valence-electron chi connectivity index (χ3n) is 2.87. The molecule has 4 amide bonds. The van der Waals surface area contributed by atoms with Gasteiger partial charge in [0.15, 0.2) is 0 Å². The smallest absolute Gasteiger partial charge is 0.320 e. The van der Waals surface area contributed by atoms with Crippen LogP contribution < -0.4 is 16.0 Å². The number of imide groups is 1. The van der Waals surface area contributed by atoms with E-state index in [1.54, 1.807) is 0 Å². The minimum Gasteiger partial charge on any atom is -0.320 e. The van der Waals surface area contributed by atoms with E-state index in [9.17, 15) is 18.8 Å². The molecule has 86 valence electrons. The van der Waals surface area contributed by atoms with Crippen LogP contribution >= 0.6 is 0 Å². The number of benzene rings is 1. The van der Waals surface area contributed by atoms with Crippen LogP contribution in [-0.2, 0) is 15.1 Å². The van der Waals surface area contributed by atoms with Gasteiger partial charge in [0.25, 0.3) is 11.8 Å². The molecule has 2 aliphatic heterocycles. The first-order chi connectivity index (χ1) is 8.05. The van der Waals surface area contributed by atoms with Gasteiger partial charge in [0.1, 0.15) is 5.82 Å². The molecule has 1 aromatic rings. The molecular formula is C10H6FN3O3. The number of halogens is 1. The SMILES string of the molecule is O=C1NC(=O)C2(N1)C(=O)Nc1c(F)cccc12. The molecular weight excluding hydrogens is 229 g/mol. The summed E-state index contributed by atoms with van der Waals surface area (Å²) in [5.41, 5.74) is -1.80. The summed E-state index contributed by atoms with van der Waals surface area (Å²) in [6.45, 7) is 0. The summed E-state index contributed by atoms with van der Waals surface area (Å²) in [7, 11) is 0. The molecule has 0 aliphatic carbocycles. The van der Waals surface area contributed by atoms with Gasteiger partial charge in [0.2, 0.25) is 5.54 Å². The van der Waals surface area contributed by atoms with Crippen molar-refractivity contribution < 1.29 is 18.8 Å². The fraction of sp³-hybridized carbons (Fsp3) is 0.100. The highest BCUT2D eigenvalue weighted by Gasteiger charge is 2.59. The van der Waals surface area contributed by atoms with Gasteiger partial charge in [0.05, 0.1) is 5.69 Å². The fourth-order valence-electron chi connectivity index (χ4n) is 2.10. The van der Waals surface area contributed by atoms with Gasteiger partial charge in [-0.3, -0.25) is 14.9 Å². The lowest BCUT2D eigenvalue weighted by Gasteiger charge is -2.17. The van der Waals surface area contributed by atoms with Gasteiger partial charge in [-0.2, -0.15) is 0 Å². The molecule has 0 aromatic heterocycles. The van der Waals surface area contributed by atoms with E-state index in [1.807, 2.05) is 5.32 Å². The fourth-order valence-corrected chi connectivity index (χ4v) is 2.10. The van der Waals surface area contributed by atoms with Crippen LogP contribution in [0.1, 0.15) is 5.56 Å². The summed E-state index contributed by atoms with van der Waals surface area (Å²) < 4.78 is 13.5. The summed E-state index contributed by atoms with van der Waals surface area (Å²) >= 11 is 0. The Hall–Kier alpha value is -2.44. The molecule has 1 spiro atoms. The molecule has 6 nitrogen and oxygen atoms in total. The molecule has 1 unspecified atom stereocenters. The predicted octanol–water partition coefficient (Wildman–Crippen LogP) is -0.188. The van der Waals surface area contributed by atoms with Crippen molar-refractivity contribution in [3.8, 4) is 0 Å². The predicted molar refractivity (Wildman–Crippen MR) is 53.4 cm³/mol. The van der Waals surface area contributed by atoms with E-state index in [0.29, 0.717) is 0 Å². The zero-order valence-corrected chi connectivity index (χ0v) is 8.33. The highest BCUT2D eigenvalue weighted by Crippen LogP contribution is 2.39. The third-order valence-corrected chi connectivity index (χ3v) is 2.87. The number of amides is 4. The normalized spacial score (nSPS) is 25.6. The van der Waals surface area contributed by atoms with E-state index in [0.717, 1.165) is 6.07 Å². The third kappa shape index (κ3) is 1.00. The van der Waals surface area contributed by atoms with Crippen LogP contribution in [-0.4, -0.2) is 17.8 Å². The van der Waals surface area contributed by atoms with Gasteiger partial charge in [-0.25, -0.2) is 9.18 Å². The van der Waals surface area contributed by atoms with Crippen LogP contribution in [0.3, 0.4) is 0 Å². The second-order valence-electron chi connectivity index (χ2n) is 3.77. The van der Waals surface area contributed by atoms with E-state index in [4.69, 9.17) is 0 Å². The lowest BCUT2D eigenvalue weighted by Crippen LogP contribution is -2.49. The second-order valence-corrected chi connectivity index (χ2v) is 3.77. The summed E-state index contributed by atoms with van der Waals surface area (Å²) in [6, 6.07) is 3.17. The highest BCUT2D eigenvalue weighted by molar-refractivity contribution is 6.26. The first-order valence-corrected chi connectivity index (χ1v) is 4.80. The number of hydrogen-bond acceptors (Lipinski definition) is 3. The largest absolute Gasteiger partial charge is 0.323 e. The van der Waals surface area contributed by atoms with Crippen LogP contribution in [0, 0.1) is 5.82 Å². The molecule has 1 atom stereocenters. The molecule has 1 saturated heterocycles. The molecule has 3 rings (SSSR count). The van der Waals surface area contributed by atoms with Crippen molar-refractivity contribution in [1.29, 1.82) is 0 Å². The average Bonchev–Trinajstić information content (AvgIpc) is 2.71. The van der Waals surface area contributed by atoms with Gasteiger partial charge >= 0.3 is 6.03 Å². The Morgan fingerprint density at radius 1 is 1.06 bits per heavy atom. The Morgan fingerprint density at radius 3 is 2.41 bits per heavy atom. The molecule has 1 aromatic carbocycles. The van der Waals surface area contributed by atoms with E-state index in [1.165, 1.54) is 12.1 Å². The summed E-state index contributed by atoms with van der Waals surface area (Å²) in [4.78, 5) is 34.7. The molecule has 0 radical (unpaired) electrons. The molecule has 7 heteroatoms. The number of rotatable bonds is 0. The minimum absolute atomic E-state index is 0.0742. The number of nitrogens with one attached hydrogen (secondary N) is 3. The first-order valence-electron chi connectivity index (χ1n) is 4.80. The van der Waals surface area contributed by atoms with Crippen molar-refractivity contribution in [1.82, 2.24) is 10.6 Å². The Balaban J connectivity index is 2.28. The Kier molecular flexibility index (Phi) is 1.62. The van der Waals surface area contributed by atoms with Crippen molar-refractivity contribution in [2.75, 3.05) is 5.32 Å². The Bertz CT molecular complexity index is 586. The number of carbonyl (C=O) groups is 3. The summed E-state index contributed by atoms with van der Waals surface area (Å²) in [5, 5.41) is 6.46. The molecule has 2 heterocycles. The first kappa shape index (κ1) is 9.76. The van der Waals surface area contributed by atoms with Crippen LogP contribution in [0.2, 0.25) is 0 Å². The number of urea groups is 1. The zero-order chi connectivity index (χ0) is 12.2. The van der Waals surface area contributed by atoms with Gasteiger partial charge in [-0.15, -0.1) is 0 Å². The van der Waals surface area contributed by atoms with Gasteiger partial charge in [-0.05, 0) is 6.07 Å². The van der Waals surface area contributed by atoms with Gasteiger partial charge in [0, 0.05) is 5.56 Å².